The molecule has 0 bridgehead atoms. The standard InChI is InChI=1S/C12H15NO2S/c1-8(5-11-4-3-9(2)16-11)13-7-10(14)6-12(13)15/h3-4,8H,5-7H2,1-2H3. The first-order chi connectivity index (χ1) is 7.56. The molecule has 0 saturated carbocycles. The van der Waals surface area contributed by atoms with E-state index in [2.05, 4.69) is 19.1 Å². The molecule has 1 saturated heterocycles. The largest absolute Gasteiger partial charge is 0.332 e. The molecular formula is C12H15NO2S. The molecule has 3 nitrogen and oxygen atoms in total. The molecular weight excluding hydrogens is 222 g/mol. The monoisotopic (exact) mass is 237 g/mol. The fourth-order valence-electron chi connectivity index (χ4n) is 2.00. The zero-order valence-corrected chi connectivity index (χ0v) is 10.3. The second-order valence-corrected chi connectivity index (χ2v) is 5.68. The van der Waals surface area contributed by atoms with Crippen LogP contribution < -0.4 is 0 Å². The fourth-order valence-corrected chi connectivity index (χ4v) is 3.01. The van der Waals surface area contributed by atoms with Gasteiger partial charge in [-0.05, 0) is 26.0 Å². The number of thiophene rings is 1. The molecule has 0 spiro atoms. The lowest BCUT2D eigenvalue weighted by Gasteiger charge is -2.22. The summed E-state index contributed by atoms with van der Waals surface area (Å²) in [5.74, 6) is 0.0185. The minimum absolute atomic E-state index is 0.0224. The van der Waals surface area contributed by atoms with Crippen LogP contribution >= 0.6 is 11.3 Å². The van der Waals surface area contributed by atoms with Crippen molar-refractivity contribution in [2.45, 2.75) is 32.7 Å². The molecule has 0 N–H and O–H groups in total. The van der Waals surface area contributed by atoms with E-state index >= 15 is 0 Å². The van der Waals surface area contributed by atoms with Crippen LogP contribution in [-0.2, 0) is 16.0 Å². The molecule has 0 radical (unpaired) electrons. The van der Waals surface area contributed by atoms with Gasteiger partial charge in [-0.25, -0.2) is 0 Å². The summed E-state index contributed by atoms with van der Waals surface area (Å²) < 4.78 is 0. The first-order valence-electron chi connectivity index (χ1n) is 5.43. The van der Waals surface area contributed by atoms with Crippen molar-refractivity contribution in [3.63, 3.8) is 0 Å². The summed E-state index contributed by atoms with van der Waals surface area (Å²) in [4.78, 5) is 26.9. The highest BCUT2D eigenvalue weighted by atomic mass is 32.1. The Morgan fingerprint density at radius 1 is 1.44 bits per heavy atom. The smallest absolute Gasteiger partial charge is 0.230 e. The number of hydrogen-bond acceptors (Lipinski definition) is 3. The van der Waals surface area contributed by atoms with Crippen molar-refractivity contribution >= 4 is 23.0 Å². The number of carbonyl (C=O) groups excluding carboxylic acids is 2. The first kappa shape index (κ1) is 11.3. The Bertz CT molecular complexity index is 424. The summed E-state index contributed by atoms with van der Waals surface area (Å²) in [6.07, 6.45) is 0.936. The predicted molar refractivity (Wildman–Crippen MR) is 63.6 cm³/mol. The Morgan fingerprint density at radius 2 is 2.19 bits per heavy atom. The first-order valence-corrected chi connectivity index (χ1v) is 6.24. The van der Waals surface area contributed by atoms with Gasteiger partial charge in [0.25, 0.3) is 0 Å². The third-order valence-corrected chi connectivity index (χ3v) is 3.86. The number of rotatable bonds is 3. The minimum Gasteiger partial charge on any atom is -0.332 e. The highest BCUT2D eigenvalue weighted by Gasteiger charge is 2.30. The molecule has 16 heavy (non-hydrogen) atoms. The van der Waals surface area contributed by atoms with E-state index in [0.717, 1.165) is 6.42 Å². The Kier molecular flexibility index (Phi) is 3.10. The number of likely N-dealkylation sites (tertiary alicyclic amines) is 1. The van der Waals surface area contributed by atoms with Gasteiger partial charge in [0.05, 0.1) is 13.0 Å². The van der Waals surface area contributed by atoms with Crippen LogP contribution in [0, 0.1) is 6.92 Å². The van der Waals surface area contributed by atoms with E-state index in [-0.39, 0.29) is 24.2 Å². The second kappa shape index (κ2) is 4.37. The van der Waals surface area contributed by atoms with E-state index in [1.54, 1.807) is 16.2 Å². The lowest BCUT2D eigenvalue weighted by atomic mass is 10.2. The van der Waals surface area contributed by atoms with E-state index in [1.807, 2.05) is 6.92 Å². The molecule has 1 fully saturated rings. The molecule has 1 aliphatic rings. The number of ketones is 1. The van der Waals surface area contributed by atoms with Gasteiger partial charge in [-0.3, -0.25) is 9.59 Å². The van der Waals surface area contributed by atoms with E-state index in [4.69, 9.17) is 0 Å². The van der Waals surface area contributed by atoms with Gasteiger partial charge >= 0.3 is 0 Å². The maximum atomic E-state index is 11.5. The van der Waals surface area contributed by atoms with E-state index in [9.17, 15) is 9.59 Å². The Balaban J connectivity index is 2.00. The maximum Gasteiger partial charge on any atom is 0.230 e. The predicted octanol–water partition coefficient (Wildman–Crippen LogP) is 1.79. The third-order valence-electron chi connectivity index (χ3n) is 2.84. The van der Waals surface area contributed by atoms with Gasteiger partial charge in [0, 0.05) is 22.2 Å². The van der Waals surface area contributed by atoms with Gasteiger partial charge < -0.3 is 4.90 Å². The molecule has 2 rings (SSSR count). The normalized spacial score (nSPS) is 18.2. The zero-order valence-electron chi connectivity index (χ0n) is 9.53. The highest BCUT2D eigenvalue weighted by Crippen LogP contribution is 2.20. The minimum atomic E-state index is -0.0224. The maximum absolute atomic E-state index is 11.5. The summed E-state index contributed by atoms with van der Waals surface area (Å²) in [6, 6.07) is 4.31. The van der Waals surface area contributed by atoms with Crippen molar-refractivity contribution in [3.05, 3.63) is 21.9 Å². The molecule has 4 heteroatoms. The van der Waals surface area contributed by atoms with Gasteiger partial charge in [-0.1, -0.05) is 0 Å². The summed E-state index contributed by atoms with van der Waals surface area (Å²) in [5.41, 5.74) is 0. The van der Waals surface area contributed by atoms with Crippen LogP contribution in [0.15, 0.2) is 12.1 Å². The highest BCUT2D eigenvalue weighted by molar-refractivity contribution is 7.11. The zero-order chi connectivity index (χ0) is 11.7. The van der Waals surface area contributed by atoms with E-state index in [0.29, 0.717) is 6.54 Å². The molecule has 1 aromatic rings. The van der Waals surface area contributed by atoms with Crippen molar-refractivity contribution in [1.82, 2.24) is 4.90 Å². The topological polar surface area (TPSA) is 37.4 Å². The SMILES string of the molecule is Cc1ccc(CC(C)N2CC(=O)CC2=O)s1. The molecule has 1 aromatic heterocycles. The van der Waals surface area contributed by atoms with Crippen LogP contribution in [0.1, 0.15) is 23.1 Å². The Labute approximate surface area is 99.1 Å². The molecule has 0 aliphatic carbocycles. The molecule has 0 aromatic carbocycles. The summed E-state index contributed by atoms with van der Waals surface area (Å²) in [7, 11) is 0. The van der Waals surface area contributed by atoms with Gasteiger partial charge in [0.1, 0.15) is 0 Å². The molecule has 1 unspecified atom stereocenters. The quantitative estimate of drug-likeness (QED) is 0.752. The van der Waals surface area contributed by atoms with Gasteiger partial charge in [-0.2, -0.15) is 0 Å². The number of carbonyl (C=O) groups is 2. The molecule has 1 atom stereocenters. The van der Waals surface area contributed by atoms with Crippen molar-refractivity contribution in [1.29, 1.82) is 0 Å². The lowest BCUT2D eigenvalue weighted by molar-refractivity contribution is -0.129. The van der Waals surface area contributed by atoms with E-state index in [1.165, 1.54) is 9.75 Å². The van der Waals surface area contributed by atoms with Crippen LogP contribution in [0.25, 0.3) is 0 Å². The average molecular weight is 237 g/mol. The van der Waals surface area contributed by atoms with Crippen LogP contribution in [-0.4, -0.2) is 29.2 Å². The fraction of sp³-hybridized carbons (Fsp3) is 0.500. The lowest BCUT2D eigenvalue weighted by Crippen LogP contribution is -2.35. The van der Waals surface area contributed by atoms with Crippen molar-refractivity contribution in [2.75, 3.05) is 6.54 Å². The van der Waals surface area contributed by atoms with Crippen molar-refractivity contribution in [3.8, 4) is 0 Å². The average Bonchev–Trinajstić information content (AvgIpc) is 2.73. The summed E-state index contributed by atoms with van der Waals surface area (Å²) in [6.45, 7) is 4.37. The van der Waals surface area contributed by atoms with Crippen molar-refractivity contribution < 1.29 is 9.59 Å². The number of hydrogen-bond donors (Lipinski definition) is 0. The van der Waals surface area contributed by atoms with E-state index < -0.39 is 0 Å². The number of nitrogens with zero attached hydrogens (tertiary/aromatic N) is 1. The Hall–Kier alpha value is -1.16. The summed E-state index contributed by atoms with van der Waals surface area (Å²) in [5, 5.41) is 0. The van der Waals surface area contributed by atoms with Crippen LogP contribution in [0.2, 0.25) is 0 Å². The van der Waals surface area contributed by atoms with Crippen LogP contribution in [0.3, 0.4) is 0 Å². The molecule has 2 heterocycles. The number of amides is 1. The van der Waals surface area contributed by atoms with Gasteiger partial charge in [0.15, 0.2) is 5.78 Å². The summed E-state index contributed by atoms with van der Waals surface area (Å²) >= 11 is 1.75. The van der Waals surface area contributed by atoms with Crippen LogP contribution in [0.4, 0.5) is 0 Å². The van der Waals surface area contributed by atoms with Gasteiger partial charge in [0.2, 0.25) is 5.91 Å². The van der Waals surface area contributed by atoms with Crippen LogP contribution in [0.5, 0.6) is 0 Å². The molecule has 1 amide bonds. The second-order valence-electron chi connectivity index (χ2n) is 4.30. The number of Topliss-reactive ketones (excluding diaryl/α,β-unsaturated/α-hetero) is 1. The van der Waals surface area contributed by atoms with Crippen molar-refractivity contribution in [2.24, 2.45) is 0 Å². The number of aryl methyl sites for hydroxylation is 1. The Morgan fingerprint density at radius 3 is 2.69 bits per heavy atom. The van der Waals surface area contributed by atoms with Gasteiger partial charge in [-0.15, -0.1) is 11.3 Å². The third kappa shape index (κ3) is 2.32. The molecule has 1 aliphatic heterocycles. The molecule has 86 valence electrons.